The summed E-state index contributed by atoms with van der Waals surface area (Å²) in [6.45, 7) is 0.684. The number of fused-ring (bicyclic) bond motifs is 1. The molecular formula is C19H19NO5. The third kappa shape index (κ3) is 3.91. The normalized spacial score (nSPS) is 15.6. The average molecular weight is 341 g/mol. The van der Waals surface area contributed by atoms with Crippen LogP contribution in [0, 0.1) is 5.92 Å². The van der Waals surface area contributed by atoms with Crippen LogP contribution in [0.2, 0.25) is 0 Å². The minimum absolute atomic E-state index is 0.0872. The molecule has 0 aromatic heterocycles. The Morgan fingerprint density at radius 3 is 2.68 bits per heavy atom. The van der Waals surface area contributed by atoms with Crippen LogP contribution in [0.3, 0.4) is 0 Å². The van der Waals surface area contributed by atoms with Gasteiger partial charge in [-0.25, -0.2) is 4.79 Å². The fourth-order valence-corrected chi connectivity index (χ4v) is 2.76. The summed E-state index contributed by atoms with van der Waals surface area (Å²) in [7, 11) is 1.60. The van der Waals surface area contributed by atoms with Gasteiger partial charge < -0.3 is 19.9 Å². The molecule has 0 aliphatic carbocycles. The maximum atomic E-state index is 12.4. The molecule has 25 heavy (non-hydrogen) atoms. The van der Waals surface area contributed by atoms with Crippen molar-refractivity contribution in [1.82, 2.24) is 5.32 Å². The monoisotopic (exact) mass is 341 g/mol. The number of amides is 1. The highest BCUT2D eigenvalue weighted by atomic mass is 16.5. The Morgan fingerprint density at radius 2 is 2.00 bits per heavy atom. The summed E-state index contributed by atoms with van der Waals surface area (Å²) in [5.41, 5.74) is 2.02. The zero-order valence-electron chi connectivity index (χ0n) is 13.8. The molecule has 0 saturated heterocycles. The van der Waals surface area contributed by atoms with Crippen molar-refractivity contribution in [3.8, 4) is 11.5 Å². The lowest BCUT2D eigenvalue weighted by Gasteiger charge is -2.25. The number of hydrogen-bond donors (Lipinski definition) is 2. The van der Waals surface area contributed by atoms with Crippen LogP contribution in [0.25, 0.3) is 0 Å². The number of nitrogens with one attached hydrogen (secondary N) is 1. The fraction of sp³-hybridized carbons (Fsp3) is 0.263. The second-order valence-corrected chi connectivity index (χ2v) is 5.91. The first-order chi connectivity index (χ1) is 12.1. The summed E-state index contributed by atoms with van der Waals surface area (Å²) in [6, 6.07) is 12.0. The van der Waals surface area contributed by atoms with Gasteiger partial charge in [0.25, 0.3) is 0 Å². The lowest BCUT2D eigenvalue weighted by Crippen LogP contribution is -2.37. The molecule has 0 fully saturated rings. The summed E-state index contributed by atoms with van der Waals surface area (Å²) in [6.07, 6.45) is 0.594. The lowest BCUT2D eigenvalue weighted by atomic mass is 9.95. The van der Waals surface area contributed by atoms with E-state index in [-0.39, 0.29) is 17.4 Å². The van der Waals surface area contributed by atoms with E-state index in [1.54, 1.807) is 19.2 Å². The molecule has 6 heteroatoms. The van der Waals surface area contributed by atoms with Gasteiger partial charge in [0.15, 0.2) is 0 Å². The van der Waals surface area contributed by atoms with Crippen LogP contribution in [0.1, 0.15) is 21.5 Å². The van der Waals surface area contributed by atoms with Crippen LogP contribution in [-0.2, 0) is 17.8 Å². The second-order valence-electron chi connectivity index (χ2n) is 5.91. The van der Waals surface area contributed by atoms with Crippen LogP contribution < -0.4 is 14.8 Å². The fourth-order valence-electron chi connectivity index (χ4n) is 2.76. The Bertz CT molecular complexity index is 785. The quantitative estimate of drug-likeness (QED) is 0.871. The molecule has 0 bridgehead atoms. The van der Waals surface area contributed by atoms with E-state index in [0.717, 1.165) is 22.6 Å². The number of carbonyl (C=O) groups excluding carboxylic acids is 1. The number of carboxylic acid groups (broad SMARTS) is 1. The molecule has 130 valence electrons. The molecule has 1 heterocycles. The molecule has 1 amide bonds. The summed E-state index contributed by atoms with van der Waals surface area (Å²) < 4.78 is 10.9. The third-order valence-corrected chi connectivity index (χ3v) is 4.21. The Hall–Kier alpha value is -3.02. The number of aromatic carboxylic acids is 1. The average Bonchev–Trinajstić information content (AvgIpc) is 2.65. The molecule has 6 nitrogen and oxygen atoms in total. The number of ether oxygens (including phenoxy) is 2. The van der Waals surface area contributed by atoms with Crippen LogP contribution in [0.4, 0.5) is 0 Å². The van der Waals surface area contributed by atoms with Gasteiger partial charge in [-0.2, -0.15) is 0 Å². The number of hydrogen-bond acceptors (Lipinski definition) is 4. The summed E-state index contributed by atoms with van der Waals surface area (Å²) >= 11 is 0. The first kappa shape index (κ1) is 16.8. The zero-order valence-corrected chi connectivity index (χ0v) is 13.8. The van der Waals surface area contributed by atoms with Crippen LogP contribution in [0.15, 0.2) is 42.5 Å². The highest BCUT2D eigenvalue weighted by molar-refractivity contribution is 5.87. The Kier molecular flexibility index (Phi) is 4.88. The van der Waals surface area contributed by atoms with E-state index in [4.69, 9.17) is 14.6 Å². The van der Waals surface area contributed by atoms with Gasteiger partial charge in [0.2, 0.25) is 5.91 Å². The lowest BCUT2D eigenvalue weighted by molar-refractivity contribution is -0.126. The Balaban J connectivity index is 1.59. The molecule has 0 radical (unpaired) electrons. The van der Waals surface area contributed by atoms with E-state index in [2.05, 4.69) is 5.32 Å². The smallest absolute Gasteiger partial charge is 0.335 e. The van der Waals surface area contributed by atoms with Crippen LogP contribution in [0.5, 0.6) is 11.5 Å². The molecule has 2 aromatic carbocycles. The largest absolute Gasteiger partial charge is 0.497 e. The van der Waals surface area contributed by atoms with Crippen molar-refractivity contribution in [2.45, 2.75) is 13.0 Å². The van der Waals surface area contributed by atoms with Gasteiger partial charge in [-0.15, -0.1) is 0 Å². The van der Waals surface area contributed by atoms with Crippen molar-refractivity contribution in [3.05, 3.63) is 59.2 Å². The predicted octanol–water partition coefficient (Wildman–Crippen LogP) is 2.26. The van der Waals surface area contributed by atoms with Crippen molar-refractivity contribution in [2.75, 3.05) is 13.7 Å². The zero-order chi connectivity index (χ0) is 17.8. The Labute approximate surface area is 145 Å². The highest BCUT2D eigenvalue weighted by Crippen LogP contribution is 2.30. The van der Waals surface area contributed by atoms with Crippen molar-refractivity contribution in [3.63, 3.8) is 0 Å². The maximum Gasteiger partial charge on any atom is 0.335 e. The topological polar surface area (TPSA) is 84.9 Å². The van der Waals surface area contributed by atoms with Gasteiger partial charge in [0.05, 0.1) is 18.6 Å². The number of rotatable bonds is 5. The molecule has 1 aliphatic heterocycles. The predicted molar refractivity (Wildman–Crippen MR) is 90.9 cm³/mol. The highest BCUT2D eigenvalue weighted by Gasteiger charge is 2.26. The summed E-state index contributed by atoms with van der Waals surface area (Å²) in [4.78, 5) is 23.2. The summed E-state index contributed by atoms with van der Waals surface area (Å²) in [5, 5.41) is 11.8. The molecule has 2 N–H and O–H groups in total. The van der Waals surface area contributed by atoms with Gasteiger partial charge in [0, 0.05) is 6.54 Å². The molecule has 1 atom stereocenters. The standard InChI is InChI=1S/C19H19NO5/c1-24-16-6-7-17-14(9-16)8-15(11-25-17)18(21)20-10-12-2-4-13(5-3-12)19(22)23/h2-7,9,15H,8,10-11H2,1H3,(H,20,21)(H,22,23)/t15-/m1/s1. The van der Waals surface area contributed by atoms with E-state index in [9.17, 15) is 9.59 Å². The first-order valence-electron chi connectivity index (χ1n) is 7.96. The third-order valence-electron chi connectivity index (χ3n) is 4.21. The van der Waals surface area contributed by atoms with E-state index in [1.165, 1.54) is 12.1 Å². The van der Waals surface area contributed by atoms with Crippen molar-refractivity contribution in [1.29, 1.82) is 0 Å². The second kappa shape index (κ2) is 7.25. The number of benzene rings is 2. The molecule has 0 saturated carbocycles. The molecule has 3 rings (SSSR count). The van der Waals surface area contributed by atoms with Gasteiger partial charge in [-0.05, 0) is 47.9 Å². The first-order valence-corrected chi connectivity index (χ1v) is 7.96. The molecule has 1 aliphatic rings. The van der Waals surface area contributed by atoms with E-state index in [1.807, 2.05) is 18.2 Å². The number of methoxy groups -OCH3 is 1. The van der Waals surface area contributed by atoms with Crippen molar-refractivity contribution >= 4 is 11.9 Å². The Morgan fingerprint density at radius 1 is 1.24 bits per heavy atom. The van der Waals surface area contributed by atoms with Crippen molar-refractivity contribution in [2.24, 2.45) is 5.92 Å². The molecule has 2 aromatic rings. The molecular weight excluding hydrogens is 322 g/mol. The minimum Gasteiger partial charge on any atom is -0.497 e. The number of carbonyl (C=O) groups is 2. The van der Waals surface area contributed by atoms with Gasteiger partial charge in [-0.3, -0.25) is 4.79 Å². The molecule has 0 spiro atoms. The van der Waals surface area contributed by atoms with Gasteiger partial charge >= 0.3 is 5.97 Å². The molecule has 0 unspecified atom stereocenters. The van der Waals surface area contributed by atoms with E-state index in [0.29, 0.717) is 19.6 Å². The van der Waals surface area contributed by atoms with Crippen LogP contribution in [-0.4, -0.2) is 30.7 Å². The van der Waals surface area contributed by atoms with Crippen LogP contribution >= 0.6 is 0 Å². The number of carboxylic acids is 1. The maximum absolute atomic E-state index is 12.4. The van der Waals surface area contributed by atoms with Gasteiger partial charge in [-0.1, -0.05) is 12.1 Å². The SMILES string of the molecule is COc1ccc2c(c1)C[C@@H](C(=O)NCc1ccc(C(=O)O)cc1)CO2. The summed E-state index contributed by atoms with van der Waals surface area (Å²) in [5.74, 6) is 0.203. The van der Waals surface area contributed by atoms with E-state index >= 15 is 0 Å². The van der Waals surface area contributed by atoms with E-state index < -0.39 is 5.97 Å². The minimum atomic E-state index is -0.968. The van der Waals surface area contributed by atoms with Gasteiger partial charge in [0.1, 0.15) is 18.1 Å². The van der Waals surface area contributed by atoms with Crippen molar-refractivity contribution < 1.29 is 24.2 Å².